The Labute approximate surface area is 141 Å². The third-order valence-electron chi connectivity index (χ3n) is 3.01. The summed E-state index contributed by atoms with van der Waals surface area (Å²) in [6.07, 6.45) is 0. The molecule has 1 atom stereocenters. The van der Waals surface area contributed by atoms with Crippen LogP contribution in [0.25, 0.3) is 0 Å². The molecule has 0 amide bonds. The fraction of sp³-hybridized carbons (Fsp3) is 0.133. The number of rotatable bonds is 4. The average molecular weight is 389 g/mol. The van der Waals surface area contributed by atoms with Crippen LogP contribution in [0.1, 0.15) is 28.9 Å². The number of aromatic carboxylic acids is 1. The molecule has 0 saturated heterocycles. The van der Waals surface area contributed by atoms with Crippen molar-refractivity contribution in [2.45, 2.75) is 13.0 Å². The molecular weight excluding hydrogens is 377 g/mol. The lowest BCUT2D eigenvalue weighted by molar-refractivity contribution is 0.0696. The van der Waals surface area contributed by atoms with Gasteiger partial charge >= 0.3 is 5.97 Å². The van der Waals surface area contributed by atoms with Crippen LogP contribution in [0.3, 0.4) is 0 Å². The first kappa shape index (κ1) is 16.1. The smallest absolute Gasteiger partial charge is 0.336 e. The van der Waals surface area contributed by atoms with E-state index in [0.717, 1.165) is 11.3 Å². The summed E-state index contributed by atoms with van der Waals surface area (Å²) in [5.74, 6) is -0.970. The summed E-state index contributed by atoms with van der Waals surface area (Å²) in [4.78, 5) is 11.0. The maximum absolute atomic E-state index is 11.0. The van der Waals surface area contributed by atoms with Gasteiger partial charge in [-0.05, 0) is 58.7 Å². The van der Waals surface area contributed by atoms with Gasteiger partial charge in [0.1, 0.15) is 0 Å². The zero-order valence-electron chi connectivity index (χ0n) is 11.0. The molecule has 6 heteroatoms. The van der Waals surface area contributed by atoms with Gasteiger partial charge in [0, 0.05) is 26.2 Å². The van der Waals surface area contributed by atoms with Crippen LogP contribution in [0.15, 0.2) is 40.9 Å². The Morgan fingerprint density at radius 3 is 2.52 bits per heavy atom. The summed E-state index contributed by atoms with van der Waals surface area (Å²) in [7, 11) is 0. The standard InChI is InChI=1S/C15H12BrCl2NO2/c1-8(11-4-2-9(17)6-14(11)18)19-10-3-5-12(15(20)21)13(16)7-10/h2-8,19H,1H3,(H,20,21). The molecule has 3 nitrogen and oxygen atoms in total. The van der Waals surface area contributed by atoms with Gasteiger partial charge in [0.2, 0.25) is 0 Å². The molecule has 1 unspecified atom stereocenters. The zero-order valence-corrected chi connectivity index (χ0v) is 14.1. The van der Waals surface area contributed by atoms with E-state index in [4.69, 9.17) is 28.3 Å². The van der Waals surface area contributed by atoms with Gasteiger partial charge in [-0.15, -0.1) is 0 Å². The number of carboxylic acid groups (broad SMARTS) is 1. The summed E-state index contributed by atoms with van der Waals surface area (Å²) in [6.45, 7) is 1.97. The Morgan fingerprint density at radius 2 is 1.95 bits per heavy atom. The van der Waals surface area contributed by atoms with Gasteiger partial charge in [-0.3, -0.25) is 0 Å². The third kappa shape index (κ3) is 3.90. The van der Waals surface area contributed by atoms with Crippen LogP contribution in [0.5, 0.6) is 0 Å². The first-order valence-electron chi connectivity index (χ1n) is 6.13. The van der Waals surface area contributed by atoms with Gasteiger partial charge in [0.05, 0.1) is 5.56 Å². The Hall–Kier alpha value is -1.23. The number of carboxylic acids is 1. The van der Waals surface area contributed by atoms with E-state index in [0.29, 0.717) is 14.5 Å². The molecule has 0 aliphatic heterocycles. The first-order chi connectivity index (χ1) is 9.88. The second-order valence-electron chi connectivity index (χ2n) is 4.53. The zero-order chi connectivity index (χ0) is 15.6. The van der Waals surface area contributed by atoms with Crippen molar-refractivity contribution in [3.63, 3.8) is 0 Å². The number of hydrogen-bond donors (Lipinski definition) is 2. The van der Waals surface area contributed by atoms with Gasteiger partial charge < -0.3 is 10.4 Å². The van der Waals surface area contributed by atoms with E-state index < -0.39 is 5.97 Å². The monoisotopic (exact) mass is 387 g/mol. The van der Waals surface area contributed by atoms with Crippen molar-refractivity contribution in [2.24, 2.45) is 0 Å². The number of hydrogen-bond acceptors (Lipinski definition) is 2. The van der Waals surface area contributed by atoms with Crippen molar-refractivity contribution in [1.29, 1.82) is 0 Å². The molecule has 0 bridgehead atoms. The van der Waals surface area contributed by atoms with E-state index in [1.165, 1.54) is 0 Å². The lowest BCUT2D eigenvalue weighted by atomic mass is 10.1. The highest BCUT2D eigenvalue weighted by Crippen LogP contribution is 2.30. The Bertz CT molecular complexity index is 691. The van der Waals surface area contributed by atoms with E-state index in [1.54, 1.807) is 30.3 Å². The molecule has 21 heavy (non-hydrogen) atoms. The summed E-state index contributed by atoms with van der Waals surface area (Å²) in [6, 6.07) is 10.3. The van der Waals surface area contributed by atoms with Crippen molar-refractivity contribution in [3.05, 3.63) is 62.0 Å². The van der Waals surface area contributed by atoms with Crippen molar-refractivity contribution >= 4 is 50.8 Å². The van der Waals surface area contributed by atoms with Crippen molar-refractivity contribution < 1.29 is 9.90 Å². The highest BCUT2D eigenvalue weighted by molar-refractivity contribution is 9.10. The topological polar surface area (TPSA) is 49.3 Å². The van der Waals surface area contributed by atoms with Crippen molar-refractivity contribution in [1.82, 2.24) is 0 Å². The molecule has 0 fully saturated rings. The van der Waals surface area contributed by atoms with Gasteiger partial charge in [-0.2, -0.15) is 0 Å². The van der Waals surface area contributed by atoms with Gasteiger partial charge in [0.15, 0.2) is 0 Å². The van der Waals surface area contributed by atoms with E-state index in [-0.39, 0.29) is 11.6 Å². The maximum Gasteiger partial charge on any atom is 0.336 e. The van der Waals surface area contributed by atoms with Crippen LogP contribution in [-0.4, -0.2) is 11.1 Å². The second kappa shape index (κ2) is 6.69. The van der Waals surface area contributed by atoms with E-state index in [2.05, 4.69) is 21.2 Å². The highest BCUT2D eigenvalue weighted by Gasteiger charge is 2.12. The predicted octanol–water partition coefficient (Wildman–Crippen LogP) is 5.63. The molecule has 0 aromatic heterocycles. The minimum atomic E-state index is -0.970. The second-order valence-corrected chi connectivity index (χ2v) is 6.23. The molecule has 0 heterocycles. The Balaban J connectivity index is 2.21. The van der Waals surface area contributed by atoms with Crippen LogP contribution in [-0.2, 0) is 0 Å². The molecule has 2 aromatic rings. The largest absolute Gasteiger partial charge is 0.478 e. The van der Waals surface area contributed by atoms with Crippen LogP contribution >= 0.6 is 39.1 Å². The fourth-order valence-electron chi connectivity index (χ4n) is 1.96. The lowest BCUT2D eigenvalue weighted by Gasteiger charge is -2.17. The average Bonchev–Trinajstić information content (AvgIpc) is 2.37. The van der Waals surface area contributed by atoms with E-state index in [9.17, 15) is 4.79 Å². The Morgan fingerprint density at radius 1 is 1.24 bits per heavy atom. The molecule has 110 valence electrons. The summed E-state index contributed by atoms with van der Waals surface area (Å²) < 4.78 is 0.523. The Kier molecular flexibility index (Phi) is 5.14. The number of benzene rings is 2. The quantitative estimate of drug-likeness (QED) is 0.713. The number of carbonyl (C=O) groups is 1. The normalized spacial score (nSPS) is 12.0. The van der Waals surface area contributed by atoms with Gasteiger partial charge in [-0.1, -0.05) is 29.3 Å². The van der Waals surface area contributed by atoms with Crippen LogP contribution < -0.4 is 5.32 Å². The summed E-state index contributed by atoms with van der Waals surface area (Å²) in [5.41, 5.74) is 1.93. The van der Waals surface area contributed by atoms with Crippen LogP contribution in [0.4, 0.5) is 5.69 Å². The van der Waals surface area contributed by atoms with E-state index >= 15 is 0 Å². The SMILES string of the molecule is CC(Nc1ccc(C(=O)O)c(Br)c1)c1ccc(Cl)cc1Cl. The van der Waals surface area contributed by atoms with Crippen LogP contribution in [0.2, 0.25) is 10.0 Å². The summed E-state index contributed by atoms with van der Waals surface area (Å²) >= 11 is 15.3. The molecule has 2 N–H and O–H groups in total. The third-order valence-corrected chi connectivity index (χ3v) is 4.23. The molecule has 0 spiro atoms. The number of anilines is 1. The number of halogens is 3. The minimum absolute atomic E-state index is 0.0441. The molecule has 0 radical (unpaired) electrons. The minimum Gasteiger partial charge on any atom is -0.478 e. The van der Waals surface area contributed by atoms with Gasteiger partial charge in [-0.25, -0.2) is 4.79 Å². The van der Waals surface area contributed by atoms with Crippen molar-refractivity contribution in [2.75, 3.05) is 5.32 Å². The van der Waals surface area contributed by atoms with Gasteiger partial charge in [0.25, 0.3) is 0 Å². The van der Waals surface area contributed by atoms with Crippen molar-refractivity contribution in [3.8, 4) is 0 Å². The number of nitrogens with one attached hydrogen (secondary N) is 1. The molecule has 2 rings (SSSR count). The lowest BCUT2D eigenvalue weighted by Crippen LogP contribution is -2.08. The fourth-order valence-corrected chi connectivity index (χ4v) is 3.08. The van der Waals surface area contributed by atoms with E-state index in [1.807, 2.05) is 13.0 Å². The molecule has 0 aliphatic carbocycles. The molecule has 0 aliphatic rings. The maximum atomic E-state index is 11.0. The summed E-state index contributed by atoms with van der Waals surface area (Å²) in [5, 5.41) is 13.4. The first-order valence-corrected chi connectivity index (χ1v) is 7.67. The highest BCUT2D eigenvalue weighted by atomic mass is 79.9. The van der Waals surface area contributed by atoms with Crippen LogP contribution in [0, 0.1) is 0 Å². The molecule has 0 saturated carbocycles. The predicted molar refractivity (Wildman–Crippen MR) is 89.6 cm³/mol. The molecular formula is C15H12BrCl2NO2. The molecule has 2 aromatic carbocycles.